The average Bonchev–Trinajstić information content (AvgIpc) is 3.04. The van der Waals surface area contributed by atoms with E-state index in [9.17, 15) is 0 Å². The molecule has 0 aliphatic heterocycles. The van der Waals surface area contributed by atoms with E-state index in [-0.39, 0.29) is 5.54 Å². The van der Waals surface area contributed by atoms with Crippen molar-refractivity contribution >= 4 is 0 Å². The maximum Gasteiger partial charge on any atom is 0.0539 e. The SMILES string of the molecule is CN(C)CCn1ncc(CNC(C)(C)C)c1C1CC1. The molecular formula is C15H28N4. The minimum Gasteiger partial charge on any atom is -0.308 e. The lowest BCUT2D eigenvalue weighted by Gasteiger charge is -2.20. The van der Waals surface area contributed by atoms with Crippen LogP contribution >= 0.6 is 0 Å². The van der Waals surface area contributed by atoms with Gasteiger partial charge in [0, 0.05) is 35.8 Å². The van der Waals surface area contributed by atoms with E-state index in [0.29, 0.717) is 0 Å². The Morgan fingerprint density at radius 3 is 2.58 bits per heavy atom. The van der Waals surface area contributed by atoms with Crippen LogP contribution in [0.2, 0.25) is 0 Å². The summed E-state index contributed by atoms with van der Waals surface area (Å²) in [6.45, 7) is 9.60. The standard InChI is InChI=1S/C15H28N4/c1-15(2,3)16-10-13-11-17-19(9-8-18(4)5)14(13)12-6-7-12/h11-12,16H,6-10H2,1-5H3. The van der Waals surface area contributed by atoms with E-state index in [1.54, 1.807) is 0 Å². The molecule has 1 aliphatic rings. The number of hydrogen-bond acceptors (Lipinski definition) is 3. The van der Waals surface area contributed by atoms with Crippen molar-refractivity contribution in [2.24, 2.45) is 0 Å². The van der Waals surface area contributed by atoms with Gasteiger partial charge in [-0.25, -0.2) is 0 Å². The molecule has 0 radical (unpaired) electrons. The lowest BCUT2D eigenvalue weighted by Crippen LogP contribution is -2.35. The molecule has 0 spiro atoms. The zero-order valence-corrected chi connectivity index (χ0v) is 13.0. The molecule has 0 unspecified atom stereocenters. The molecule has 2 rings (SSSR count). The number of nitrogens with zero attached hydrogens (tertiary/aromatic N) is 3. The first kappa shape index (κ1) is 14.5. The molecule has 0 atom stereocenters. The molecule has 4 heteroatoms. The van der Waals surface area contributed by atoms with Gasteiger partial charge in [-0.3, -0.25) is 4.68 Å². The number of nitrogens with one attached hydrogen (secondary N) is 1. The maximum absolute atomic E-state index is 4.60. The first-order valence-electron chi connectivity index (χ1n) is 7.31. The first-order chi connectivity index (χ1) is 8.87. The molecule has 0 saturated heterocycles. The molecule has 1 heterocycles. The number of likely N-dealkylation sites (N-methyl/N-ethyl adjacent to an activating group) is 1. The van der Waals surface area contributed by atoms with Gasteiger partial charge in [0.15, 0.2) is 0 Å². The highest BCUT2D eigenvalue weighted by Crippen LogP contribution is 2.41. The average molecular weight is 264 g/mol. The van der Waals surface area contributed by atoms with E-state index in [2.05, 4.69) is 61.1 Å². The third-order valence-electron chi connectivity index (χ3n) is 3.49. The molecular weight excluding hydrogens is 236 g/mol. The van der Waals surface area contributed by atoms with E-state index in [4.69, 9.17) is 0 Å². The predicted molar refractivity (Wildman–Crippen MR) is 79.3 cm³/mol. The quantitative estimate of drug-likeness (QED) is 0.855. The molecule has 1 fully saturated rings. The minimum atomic E-state index is 0.159. The summed E-state index contributed by atoms with van der Waals surface area (Å²) in [5.41, 5.74) is 3.02. The summed E-state index contributed by atoms with van der Waals surface area (Å²) in [6, 6.07) is 0. The van der Waals surface area contributed by atoms with Crippen LogP contribution in [0.4, 0.5) is 0 Å². The Labute approximate surface area is 117 Å². The van der Waals surface area contributed by atoms with Crippen LogP contribution in [-0.2, 0) is 13.1 Å². The van der Waals surface area contributed by atoms with Crippen LogP contribution in [0.5, 0.6) is 0 Å². The van der Waals surface area contributed by atoms with Gasteiger partial charge in [-0.15, -0.1) is 0 Å². The lowest BCUT2D eigenvalue weighted by molar-refractivity contribution is 0.369. The minimum absolute atomic E-state index is 0.159. The van der Waals surface area contributed by atoms with Crippen molar-refractivity contribution in [3.8, 4) is 0 Å². The van der Waals surface area contributed by atoms with E-state index in [1.807, 2.05) is 0 Å². The predicted octanol–water partition coefficient (Wildman–Crippen LogP) is 2.21. The van der Waals surface area contributed by atoms with Crippen molar-refractivity contribution in [3.05, 3.63) is 17.5 Å². The molecule has 4 nitrogen and oxygen atoms in total. The molecule has 1 aliphatic carbocycles. The summed E-state index contributed by atoms with van der Waals surface area (Å²) in [4.78, 5) is 2.21. The molecule has 1 N–H and O–H groups in total. The topological polar surface area (TPSA) is 33.1 Å². The number of hydrogen-bond donors (Lipinski definition) is 1. The second kappa shape index (κ2) is 5.63. The fraction of sp³-hybridized carbons (Fsp3) is 0.800. The summed E-state index contributed by atoms with van der Waals surface area (Å²) in [5, 5.41) is 8.18. The van der Waals surface area contributed by atoms with Crippen molar-refractivity contribution in [3.63, 3.8) is 0 Å². The van der Waals surface area contributed by atoms with Gasteiger partial charge in [-0.05, 0) is 47.7 Å². The highest BCUT2D eigenvalue weighted by molar-refractivity contribution is 5.25. The van der Waals surface area contributed by atoms with Crippen molar-refractivity contribution in [2.75, 3.05) is 20.6 Å². The molecule has 1 aromatic heterocycles. The molecule has 19 heavy (non-hydrogen) atoms. The summed E-state index contributed by atoms with van der Waals surface area (Å²) < 4.78 is 2.22. The summed E-state index contributed by atoms with van der Waals surface area (Å²) >= 11 is 0. The zero-order valence-electron chi connectivity index (χ0n) is 13.0. The van der Waals surface area contributed by atoms with Gasteiger partial charge < -0.3 is 10.2 Å². The molecule has 1 aromatic rings. The Balaban J connectivity index is 2.06. The van der Waals surface area contributed by atoms with Crippen LogP contribution in [-0.4, -0.2) is 40.9 Å². The number of rotatable bonds is 6. The zero-order chi connectivity index (χ0) is 14.0. The molecule has 0 aromatic carbocycles. The fourth-order valence-corrected chi connectivity index (χ4v) is 2.23. The Morgan fingerprint density at radius 2 is 2.05 bits per heavy atom. The second-order valence-corrected chi connectivity index (χ2v) is 6.96. The Morgan fingerprint density at radius 1 is 1.37 bits per heavy atom. The second-order valence-electron chi connectivity index (χ2n) is 6.96. The normalized spacial score (nSPS) is 16.3. The van der Waals surface area contributed by atoms with Crippen LogP contribution < -0.4 is 5.32 Å². The van der Waals surface area contributed by atoms with Gasteiger partial charge in [-0.1, -0.05) is 0 Å². The van der Waals surface area contributed by atoms with Crippen LogP contribution in [0, 0.1) is 0 Å². The van der Waals surface area contributed by atoms with Gasteiger partial charge in [0.1, 0.15) is 0 Å². The highest BCUT2D eigenvalue weighted by atomic mass is 15.3. The van der Waals surface area contributed by atoms with Gasteiger partial charge in [0.2, 0.25) is 0 Å². The van der Waals surface area contributed by atoms with Crippen molar-refractivity contribution in [1.82, 2.24) is 20.0 Å². The van der Waals surface area contributed by atoms with Gasteiger partial charge >= 0.3 is 0 Å². The van der Waals surface area contributed by atoms with Crippen molar-refractivity contribution in [2.45, 2.75) is 58.2 Å². The molecule has 0 bridgehead atoms. The van der Waals surface area contributed by atoms with Gasteiger partial charge in [-0.2, -0.15) is 5.10 Å². The van der Waals surface area contributed by atoms with Crippen LogP contribution in [0.25, 0.3) is 0 Å². The largest absolute Gasteiger partial charge is 0.308 e. The van der Waals surface area contributed by atoms with Crippen LogP contribution in [0.3, 0.4) is 0 Å². The van der Waals surface area contributed by atoms with Crippen LogP contribution in [0.15, 0.2) is 6.20 Å². The molecule has 0 amide bonds. The Hall–Kier alpha value is -0.870. The Kier molecular flexibility index (Phi) is 4.31. The number of aromatic nitrogens is 2. The molecule has 1 saturated carbocycles. The summed E-state index contributed by atoms with van der Waals surface area (Å²) in [6.07, 6.45) is 4.72. The Bertz CT molecular complexity index is 410. The lowest BCUT2D eigenvalue weighted by atomic mass is 10.1. The van der Waals surface area contributed by atoms with Crippen LogP contribution in [0.1, 0.15) is 50.8 Å². The third kappa shape index (κ3) is 4.32. The van der Waals surface area contributed by atoms with Crippen molar-refractivity contribution < 1.29 is 0 Å². The maximum atomic E-state index is 4.60. The van der Waals surface area contributed by atoms with E-state index >= 15 is 0 Å². The van der Waals surface area contributed by atoms with E-state index in [1.165, 1.54) is 24.1 Å². The summed E-state index contributed by atoms with van der Waals surface area (Å²) in [5.74, 6) is 0.751. The summed E-state index contributed by atoms with van der Waals surface area (Å²) in [7, 11) is 4.23. The van der Waals surface area contributed by atoms with Gasteiger partial charge in [0.05, 0.1) is 12.7 Å². The highest BCUT2D eigenvalue weighted by Gasteiger charge is 2.30. The van der Waals surface area contributed by atoms with Gasteiger partial charge in [0.25, 0.3) is 0 Å². The smallest absolute Gasteiger partial charge is 0.0539 e. The molecule has 108 valence electrons. The van der Waals surface area contributed by atoms with E-state index in [0.717, 1.165) is 25.6 Å². The third-order valence-corrected chi connectivity index (χ3v) is 3.49. The van der Waals surface area contributed by atoms with Crippen molar-refractivity contribution in [1.29, 1.82) is 0 Å². The first-order valence-corrected chi connectivity index (χ1v) is 7.31. The monoisotopic (exact) mass is 264 g/mol. The van der Waals surface area contributed by atoms with E-state index < -0.39 is 0 Å². The fourth-order valence-electron chi connectivity index (χ4n) is 2.23.